The van der Waals surface area contributed by atoms with E-state index in [0.717, 1.165) is 17.7 Å². The summed E-state index contributed by atoms with van der Waals surface area (Å²) >= 11 is 6.83. The van der Waals surface area contributed by atoms with Crippen LogP contribution in [0.25, 0.3) is 0 Å². The molecule has 1 fully saturated rings. The molecule has 1 atom stereocenters. The molecule has 2 aliphatic heterocycles. The summed E-state index contributed by atoms with van der Waals surface area (Å²) in [5.74, 6) is 0.0606. The van der Waals surface area contributed by atoms with Crippen molar-refractivity contribution in [3.63, 3.8) is 0 Å². The largest absolute Gasteiger partial charge is 0.387 e. The molecular weight excluding hydrogens is 319 g/mol. The van der Waals surface area contributed by atoms with Crippen LogP contribution in [0.3, 0.4) is 0 Å². The van der Waals surface area contributed by atoms with Gasteiger partial charge in [-0.05, 0) is 42.5 Å². The molecule has 1 aromatic rings. The molecule has 0 aromatic heterocycles. The molecule has 2 aliphatic rings. The van der Waals surface area contributed by atoms with Gasteiger partial charge in [0.15, 0.2) is 5.72 Å². The minimum atomic E-state index is -1.27. The van der Waals surface area contributed by atoms with Crippen molar-refractivity contribution in [2.45, 2.75) is 12.6 Å². The van der Waals surface area contributed by atoms with Gasteiger partial charge in [0.2, 0.25) is 0 Å². The monoisotopic (exact) mass is 336 g/mol. The molecule has 0 radical (unpaired) electrons. The highest BCUT2D eigenvalue weighted by molar-refractivity contribution is 8.23. The Bertz CT molecular complexity index is 674. The van der Waals surface area contributed by atoms with Crippen LogP contribution in [0.5, 0.6) is 0 Å². The van der Waals surface area contributed by atoms with Crippen LogP contribution >= 0.6 is 24.0 Å². The van der Waals surface area contributed by atoms with Crippen molar-refractivity contribution in [1.29, 1.82) is 0 Å². The van der Waals surface area contributed by atoms with E-state index >= 15 is 0 Å². The van der Waals surface area contributed by atoms with Gasteiger partial charge in [-0.3, -0.25) is 0 Å². The van der Waals surface area contributed by atoms with Crippen molar-refractivity contribution in [2.24, 2.45) is 0 Å². The lowest BCUT2D eigenvalue weighted by molar-refractivity contribution is -0.0431. The fraction of sp³-hybridized carbons (Fsp3) is 0.312. The quantitative estimate of drug-likeness (QED) is 0.830. The van der Waals surface area contributed by atoms with Crippen LogP contribution in [0.15, 0.2) is 42.1 Å². The van der Waals surface area contributed by atoms with Gasteiger partial charge in [0, 0.05) is 18.7 Å². The predicted octanol–water partition coefficient (Wildman–Crippen LogP) is 2.66. The number of hydrogen-bond donors (Lipinski definition) is 2. The summed E-state index contributed by atoms with van der Waals surface area (Å²) in [4.78, 5) is 1.79. The highest BCUT2D eigenvalue weighted by atomic mass is 32.2. The number of thiocarbonyl (C=S) groups is 1. The number of halogens is 1. The Balaban J connectivity index is 1.96. The number of nitrogens with zero attached hydrogens (tertiary/aromatic N) is 1. The second kappa shape index (κ2) is 6.02. The van der Waals surface area contributed by atoms with Gasteiger partial charge >= 0.3 is 0 Å². The summed E-state index contributed by atoms with van der Waals surface area (Å²) in [6, 6.07) is 4.51. The number of aryl methyl sites for hydroxylation is 1. The number of benzene rings is 1. The number of aliphatic hydroxyl groups is 1. The number of dihydropyridines is 1. The standard InChI is InChI=1S/C16H17FN2OS2/c1-11-4-5-13(17)7-14(11)16(20)10-22-15(21)19(16)9-12-3-2-6-18-8-12/h2-7,18,20H,8-10H2,1H3. The van der Waals surface area contributed by atoms with Crippen LogP contribution in [0.1, 0.15) is 11.1 Å². The predicted molar refractivity (Wildman–Crippen MR) is 92.0 cm³/mol. The van der Waals surface area contributed by atoms with Crippen LogP contribution in [-0.2, 0) is 5.72 Å². The molecule has 3 rings (SSSR count). The lowest BCUT2D eigenvalue weighted by atomic mass is 9.97. The van der Waals surface area contributed by atoms with E-state index in [2.05, 4.69) is 5.32 Å². The first kappa shape index (κ1) is 15.5. The third kappa shape index (κ3) is 2.78. The van der Waals surface area contributed by atoms with E-state index in [1.165, 1.54) is 23.9 Å². The Morgan fingerprint density at radius 2 is 2.32 bits per heavy atom. The van der Waals surface area contributed by atoms with Crippen molar-refractivity contribution < 1.29 is 9.50 Å². The molecule has 0 bridgehead atoms. The normalized spacial score (nSPS) is 24.4. The summed E-state index contributed by atoms with van der Waals surface area (Å²) in [5.41, 5.74) is 1.30. The minimum Gasteiger partial charge on any atom is -0.387 e. The van der Waals surface area contributed by atoms with Gasteiger partial charge in [-0.2, -0.15) is 0 Å². The van der Waals surface area contributed by atoms with Gasteiger partial charge in [-0.25, -0.2) is 4.39 Å². The summed E-state index contributed by atoms with van der Waals surface area (Å²) in [5, 5.41) is 14.4. The van der Waals surface area contributed by atoms with Crippen molar-refractivity contribution in [3.05, 3.63) is 59.1 Å². The zero-order valence-corrected chi connectivity index (χ0v) is 13.8. The van der Waals surface area contributed by atoms with E-state index in [1.54, 1.807) is 11.0 Å². The van der Waals surface area contributed by atoms with Gasteiger partial charge < -0.3 is 15.3 Å². The molecule has 116 valence electrons. The SMILES string of the molecule is Cc1ccc(F)cc1C1(O)CSC(=S)N1CC1=CC=CNC1. The van der Waals surface area contributed by atoms with E-state index < -0.39 is 5.72 Å². The Morgan fingerprint density at radius 3 is 3.05 bits per heavy atom. The van der Waals surface area contributed by atoms with E-state index in [1.807, 2.05) is 25.3 Å². The molecule has 1 saturated heterocycles. The van der Waals surface area contributed by atoms with Gasteiger partial charge in [0.1, 0.15) is 10.1 Å². The molecule has 2 heterocycles. The van der Waals surface area contributed by atoms with Crippen LogP contribution in [0, 0.1) is 12.7 Å². The number of thioether (sulfide) groups is 1. The molecule has 0 saturated carbocycles. The van der Waals surface area contributed by atoms with E-state index in [-0.39, 0.29) is 5.82 Å². The molecule has 0 aliphatic carbocycles. The number of hydrogen-bond acceptors (Lipinski definition) is 4. The first-order valence-electron chi connectivity index (χ1n) is 7.02. The van der Waals surface area contributed by atoms with Gasteiger partial charge in [0.05, 0.1) is 5.75 Å². The topological polar surface area (TPSA) is 35.5 Å². The first-order valence-corrected chi connectivity index (χ1v) is 8.41. The lowest BCUT2D eigenvalue weighted by Crippen LogP contribution is -2.46. The third-order valence-electron chi connectivity index (χ3n) is 3.93. The number of allylic oxidation sites excluding steroid dienone is 2. The maximum Gasteiger partial charge on any atom is 0.175 e. The molecule has 0 amide bonds. The van der Waals surface area contributed by atoms with Crippen molar-refractivity contribution in [1.82, 2.24) is 10.2 Å². The Kier molecular flexibility index (Phi) is 4.25. The van der Waals surface area contributed by atoms with Crippen molar-refractivity contribution >= 4 is 28.3 Å². The Labute approximate surface area is 138 Å². The maximum absolute atomic E-state index is 13.7. The molecular formula is C16H17FN2OS2. The third-order valence-corrected chi connectivity index (χ3v) is 5.52. The molecule has 1 aromatic carbocycles. The van der Waals surface area contributed by atoms with E-state index in [0.29, 0.717) is 22.2 Å². The molecule has 2 N–H and O–H groups in total. The van der Waals surface area contributed by atoms with Gasteiger partial charge in [0.25, 0.3) is 0 Å². The second-order valence-electron chi connectivity index (χ2n) is 5.48. The number of rotatable bonds is 3. The fourth-order valence-electron chi connectivity index (χ4n) is 2.73. The first-order chi connectivity index (χ1) is 10.5. The zero-order chi connectivity index (χ0) is 15.7. The summed E-state index contributed by atoms with van der Waals surface area (Å²) in [6.07, 6.45) is 5.82. The smallest absolute Gasteiger partial charge is 0.175 e. The molecule has 6 heteroatoms. The molecule has 0 spiro atoms. The van der Waals surface area contributed by atoms with Crippen LogP contribution < -0.4 is 5.32 Å². The number of nitrogens with one attached hydrogen (secondary N) is 1. The fourth-order valence-corrected chi connectivity index (χ4v) is 4.13. The van der Waals surface area contributed by atoms with Crippen molar-refractivity contribution in [3.8, 4) is 0 Å². The maximum atomic E-state index is 13.7. The second-order valence-corrected chi connectivity index (χ2v) is 7.09. The lowest BCUT2D eigenvalue weighted by Gasteiger charge is -2.36. The summed E-state index contributed by atoms with van der Waals surface area (Å²) in [6.45, 7) is 3.12. The van der Waals surface area contributed by atoms with Crippen molar-refractivity contribution in [2.75, 3.05) is 18.8 Å². The zero-order valence-electron chi connectivity index (χ0n) is 12.2. The summed E-state index contributed by atoms with van der Waals surface area (Å²) in [7, 11) is 0. The van der Waals surface area contributed by atoms with Crippen LogP contribution in [0.4, 0.5) is 4.39 Å². The van der Waals surface area contributed by atoms with Gasteiger partial charge in [-0.15, -0.1) is 0 Å². The Hall–Kier alpha value is -1.37. The average Bonchev–Trinajstić information content (AvgIpc) is 2.80. The summed E-state index contributed by atoms with van der Waals surface area (Å²) < 4.78 is 14.3. The molecule has 22 heavy (non-hydrogen) atoms. The van der Waals surface area contributed by atoms with Crippen LogP contribution in [0.2, 0.25) is 0 Å². The minimum absolute atomic E-state index is 0.349. The van der Waals surface area contributed by atoms with Gasteiger partial charge in [-0.1, -0.05) is 36.1 Å². The molecule has 3 nitrogen and oxygen atoms in total. The van der Waals surface area contributed by atoms with E-state index in [9.17, 15) is 9.50 Å². The van der Waals surface area contributed by atoms with E-state index in [4.69, 9.17) is 12.2 Å². The Morgan fingerprint density at radius 1 is 1.50 bits per heavy atom. The van der Waals surface area contributed by atoms with Crippen LogP contribution in [-0.4, -0.2) is 33.2 Å². The highest BCUT2D eigenvalue weighted by Gasteiger charge is 2.45. The molecule has 1 unspecified atom stereocenters. The highest BCUT2D eigenvalue weighted by Crippen LogP contribution is 2.41. The average molecular weight is 336 g/mol.